The predicted molar refractivity (Wildman–Crippen MR) is 127 cm³/mol. The van der Waals surface area contributed by atoms with E-state index in [1.54, 1.807) is 13.2 Å². The number of aromatic hydroxyl groups is 1. The molecule has 0 aliphatic carbocycles. The fourth-order valence-electron chi connectivity index (χ4n) is 4.39. The second kappa shape index (κ2) is 8.99. The second-order valence-corrected chi connectivity index (χ2v) is 9.03. The number of ether oxygens (including phenoxy) is 1. The zero-order chi connectivity index (χ0) is 22.9. The van der Waals surface area contributed by atoms with Crippen molar-refractivity contribution >= 4 is 22.0 Å². The Labute approximate surface area is 195 Å². The standard InChI is InChI=1S/C24H26FN5O2S/c1-3-20-26-24-30(27-20)23(31)22(33-24)21(16-7-6-8-17(15-16)32-2)29-13-11-28(12-14-29)19-10-5-4-9-18(19)25/h4-10,15,21,31H,3,11-14H2,1-2H3/t21-/m1/s1. The van der Waals surface area contributed by atoms with Crippen molar-refractivity contribution < 1.29 is 14.2 Å². The highest BCUT2D eigenvalue weighted by atomic mass is 32.1. The average Bonchev–Trinajstić information content (AvgIpc) is 3.39. The first-order chi connectivity index (χ1) is 16.1. The van der Waals surface area contributed by atoms with Gasteiger partial charge in [0.25, 0.3) is 0 Å². The number of hydrogen-bond donors (Lipinski definition) is 1. The van der Waals surface area contributed by atoms with E-state index in [4.69, 9.17) is 4.74 Å². The van der Waals surface area contributed by atoms with Gasteiger partial charge in [0.05, 0.1) is 23.7 Å². The fourth-order valence-corrected chi connectivity index (χ4v) is 5.52. The zero-order valence-electron chi connectivity index (χ0n) is 18.6. The van der Waals surface area contributed by atoms with Crippen LogP contribution in [0.3, 0.4) is 0 Å². The van der Waals surface area contributed by atoms with Crippen molar-refractivity contribution in [3.05, 3.63) is 70.6 Å². The minimum absolute atomic E-state index is 0.117. The van der Waals surface area contributed by atoms with E-state index in [1.165, 1.54) is 21.9 Å². The lowest BCUT2D eigenvalue weighted by molar-refractivity contribution is 0.210. The number of halogens is 1. The van der Waals surface area contributed by atoms with Gasteiger partial charge in [-0.3, -0.25) is 4.90 Å². The fraction of sp³-hybridized carbons (Fsp3) is 0.333. The molecule has 0 amide bonds. The molecule has 1 N–H and O–H groups in total. The molecule has 0 unspecified atom stereocenters. The third-order valence-electron chi connectivity index (χ3n) is 6.09. The molecule has 1 fully saturated rings. The van der Waals surface area contributed by atoms with Crippen LogP contribution < -0.4 is 9.64 Å². The Hall–Kier alpha value is -3.17. The number of hydrogen-bond acceptors (Lipinski definition) is 7. The van der Waals surface area contributed by atoms with E-state index in [-0.39, 0.29) is 17.7 Å². The van der Waals surface area contributed by atoms with Crippen molar-refractivity contribution in [3.63, 3.8) is 0 Å². The van der Waals surface area contributed by atoms with E-state index in [0.717, 1.165) is 16.2 Å². The number of rotatable bonds is 6. The lowest BCUT2D eigenvalue weighted by atomic mass is 10.0. The van der Waals surface area contributed by atoms with Crippen LogP contribution >= 0.6 is 11.3 Å². The number of methoxy groups -OCH3 is 1. The Balaban J connectivity index is 1.49. The number of piperazine rings is 1. The third-order valence-corrected chi connectivity index (χ3v) is 7.16. The molecule has 1 aliphatic rings. The molecule has 1 saturated heterocycles. The van der Waals surface area contributed by atoms with Crippen LogP contribution in [0.1, 0.15) is 29.2 Å². The number of benzene rings is 2. The molecule has 33 heavy (non-hydrogen) atoms. The Morgan fingerprint density at radius 2 is 1.91 bits per heavy atom. The van der Waals surface area contributed by atoms with Gasteiger partial charge in [-0.2, -0.15) is 4.52 Å². The molecule has 2 aromatic carbocycles. The van der Waals surface area contributed by atoms with Crippen molar-refractivity contribution in [3.8, 4) is 11.6 Å². The van der Waals surface area contributed by atoms with Gasteiger partial charge in [0, 0.05) is 32.6 Å². The molecule has 172 valence electrons. The number of anilines is 1. The summed E-state index contributed by atoms with van der Waals surface area (Å²) >= 11 is 1.45. The van der Waals surface area contributed by atoms with E-state index >= 15 is 0 Å². The van der Waals surface area contributed by atoms with Gasteiger partial charge in [0.1, 0.15) is 11.6 Å². The van der Waals surface area contributed by atoms with Crippen LogP contribution in [0.4, 0.5) is 10.1 Å². The molecule has 1 atom stereocenters. The maximum atomic E-state index is 14.3. The maximum absolute atomic E-state index is 14.3. The Morgan fingerprint density at radius 1 is 1.12 bits per heavy atom. The van der Waals surface area contributed by atoms with Gasteiger partial charge in [-0.05, 0) is 29.8 Å². The minimum atomic E-state index is -0.203. The molecule has 4 aromatic rings. The van der Waals surface area contributed by atoms with Crippen LogP contribution in [0, 0.1) is 5.82 Å². The molecule has 0 spiro atoms. The van der Waals surface area contributed by atoms with Crippen molar-refractivity contribution in [2.75, 3.05) is 38.2 Å². The lowest BCUT2D eigenvalue weighted by Crippen LogP contribution is -2.48. The highest BCUT2D eigenvalue weighted by Gasteiger charge is 2.32. The summed E-state index contributed by atoms with van der Waals surface area (Å²) in [6.07, 6.45) is 0.709. The molecule has 7 nitrogen and oxygen atoms in total. The molecule has 0 saturated carbocycles. The first-order valence-electron chi connectivity index (χ1n) is 11.0. The van der Waals surface area contributed by atoms with Gasteiger partial charge in [0.15, 0.2) is 5.82 Å². The number of nitrogens with zero attached hydrogens (tertiary/aromatic N) is 5. The summed E-state index contributed by atoms with van der Waals surface area (Å²) in [4.78, 5) is 10.4. The number of thiazole rings is 1. The monoisotopic (exact) mass is 467 g/mol. The minimum Gasteiger partial charge on any atom is -0.497 e. The largest absolute Gasteiger partial charge is 0.497 e. The smallest absolute Gasteiger partial charge is 0.230 e. The summed E-state index contributed by atoms with van der Waals surface area (Å²) in [5, 5.41) is 15.5. The molecular weight excluding hydrogens is 441 g/mol. The number of fused-ring (bicyclic) bond motifs is 1. The summed E-state index contributed by atoms with van der Waals surface area (Å²) < 4.78 is 21.3. The van der Waals surface area contributed by atoms with Crippen LogP contribution in [0.25, 0.3) is 4.96 Å². The van der Waals surface area contributed by atoms with E-state index < -0.39 is 0 Å². The third kappa shape index (κ3) is 4.02. The van der Waals surface area contributed by atoms with Crippen molar-refractivity contribution in [1.82, 2.24) is 19.5 Å². The maximum Gasteiger partial charge on any atom is 0.230 e. The lowest BCUT2D eigenvalue weighted by Gasteiger charge is -2.40. The first-order valence-corrected chi connectivity index (χ1v) is 11.9. The van der Waals surface area contributed by atoms with Gasteiger partial charge in [-0.15, -0.1) is 5.10 Å². The van der Waals surface area contributed by atoms with Crippen molar-refractivity contribution in [1.29, 1.82) is 0 Å². The molecule has 0 radical (unpaired) electrons. The van der Waals surface area contributed by atoms with Gasteiger partial charge >= 0.3 is 0 Å². The Kier molecular flexibility index (Phi) is 5.90. The first kappa shape index (κ1) is 21.7. The van der Waals surface area contributed by atoms with Crippen LogP contribution in [0.2, 0.25) is 0 Å². The molecule has 1 aliphatic heterocycles. The van der Waals surface area contributed by atoms with Crippen LogP contribution in [0.5, 0.6) is 11.6 Å². The summed E-state index contributed by atoms with van der Waals surface area (Å²) in [7, 11) is 1.65. The second-order valence-electron chi connectivity index (χ2n) is 8.02. The van der Waals surface area contributed by atoms with Gasteiger partial charge < -0.3 is 14.7 Å². The van der Waals surface area contributed by atoms with Crippen molar-refractivity contribution in [2.45, 2.75) is 19.4 Å². The summed E-state index contributed by atoms with van der Waals surface area (Å²) in [6.45, 7) is 4.78. The normalized spacial score (nSPS) is 15.8. The van der Waals surface area contributed by atoms with Crippen LogP contribution in [-0.2, 0) is 6.42 Å². The molecule has 3 heterocycles. The van der Waals surface area contributed by atoms with Crippen molar-refractivity contribution in [2.24, 2.45) is 0 Å². The van der Waals surface area contributed by atoms with E-state index in [9.17, 15) is 9.50 Å². The summed E-state index contributed by atoms with van der Waals surface area (Å²) in [5.74, 6) is 1.38. The predicted octanol–water partition coefficient (Wildman–Crippen LogP) is 4.12. The number of aromatic nitrogens is 3. The van der Waals surface area contributed by atoms with Gasteiger partial charge in [0.2, 0.25) is 10.8 Å². The van der Waals surface area contributed by atoms with Gasteiger partial charge in [-0.25, -0.2) is 9.37 Å². The van der Waals surface area contributed by atoms with Crippen LogP contribution in [-0.4, -0.2) is 57.9 Å². The quantitative estimate of drug-likeness (QED) is 0.460. The highest BCUT2D eigenvalue weighted by molar-refractivity contribution is 7.17. The summed E-state index contributed by atoms with van der Waals surface area (Å²) in [5.41, 5.74) is 1.65. The van der Waals surface area contributed by atoms with E-state index in [0.29, 0.717) is 49.1 Å². The molecule has 9 heteroatoms. The Morgan fingerprint density at radius 3 is 2.61 bits per heavy atom. The van der Waals surface area contributed by atoms with Gasteiger partial charge in [-0.1, -0.05) is 42.5 Å². The number of aryl methyl sites for hydroxylation is 1. The number of para-hydroxylation sites is 1. The molecule has 2 aromatic heterocycles. The molecule has 0 bridgehead atoms. The SMILES string of the molecule is CCc1nc2sc([C@@H](c3cccc(OC)c3)N3CCN(c4ccccc4F)CC3)c(O)n2n1. The summed E-state index contributed by atoms with van der Waals surface area (Å²) in [6, 6.07) is 14.6. The average molecular weight is 468 g/mol. The molecular formula is C24H26FN5O2S. The molecule has 5 rings (SSSR count). The van der Waals surface area contributed by atoms with E-state index in [1.807, 2.05) is 43.3 Å². The topological polar surface area (TPSA) is 66.1 Å². The van der Waals surface area contributed by atoms with Crippen LogP contribution in [0.15, 0.2) is 48.5 Å². The Bertz CT molecular complexity index is 1260. The zero-order valence-corrected chi connectivity index (χ0v) is 19.4. The highest BCUT2D eigenvalue weighted by Crippen LogP contribution is 2.41. The van der Waals surface area contributed by atoms with E-state index in [2.05, 4.69) is 19.9 Å².